The van der Waals surface area contributed by atoms with E-state index in [0.717, 1.165) is 0 Å². The Morgan fingerprint density at radius 1 is 1.40 bits per heavy atom. The summed E-state index contributed by atoms with van der Waals surface area (Å²) in [6.45, 7) is 5.23. The Morgan fingerprint density at radius 2 is 2.16 bits per heavy atom. The highest BCUT2D eigenvalue weighted by molar-refractivity contribution is 5.80. The fraction of sp³-hybridized carbons (Fsp3) is 0.500. The summed E-state index contributed by atoms with van der Waals surface area (Å²) in [7, 11) is 1.61. The smallest absolute Gasteiger partial charge is 0.269 e. The van der Waals surface area contributed by atoms with Crippen LogP contribution in [0.1, 0.15) is 13.8 Å². The van der Waals surface area contributed by atoms with Crippen LogP contribution in [-0.2, 0) is 20.8 Å². The van der Waals surface area contributed by atoms with Gasteiger partial charge in [0.1, 0.15) is 6.54 Å². The van der Waals surface area contributed by atoms with Crippen molar-refractivity contribution in [3.8, 4) is 0 Å². The van der Waals surface area contributed by atoms with E-state index in [-0.39, 0.29) is 24.1 Å². The highest BCUT2D eigenvalue weighted by atomic mass is 16.5. The summed E-state index contributed by atoms with van der Waals surface area (Å²) >= 11 is 0. The Balaban J connectivity index is 1.85. The number of aromatic nitrogens is 2. The molecule has 1 saturated heterocycles. The van der Waals surface area contributed by atoms with Crippen LogP contribution in [0.3, 0.4) is 0 Å². The first-order valence-electron chi connectivity index (χ1n) is 8.29. The van der Waals surface area contributed by atoms with E-state index >= 15 is 0 Å². The van der Waals surface area contributed by atoms with E-state index in [1.165, 1.54) is 10.8 Å². The number of ether oxygens (including phenoxy) is 2. The van der Waals surface area contributed by atoms with Crippen molar-refractivity contribution >= 4 is 16.9 Å². The molecule has 0 radical (unpaired) electrons. The number of morpholine rings is 1. The molecule has 7 heteroatoms. The number of methoxy groups -OCH3 is 1. The standard InChI is InChI=1S/C18H23N3O4/c1-18(2)12-20(9-13(25-18)11-24-3)17(23)10-21-15-7-5-4-6-14(15)19-8-16(21)22/h4-8,13H,9-12H2,1-3H3/t13-/m1/s1. The lowest BCUT2D eigenvalue weighted by Crippen LogP contribution is -2.56. The van der Waals surface area contributed by atoms with Crippen LogP contribution in [0.15, 0.2) is 35.3 Å². The minimum absolute atomic E-state index is 0.0162. The second-order valence-electron chi connectivity index (χ2n) is 6.90. The predicted octanol–water partition coefficient (Wildman–Crippen LogP) is 1.05. The number of hydrogen-bond acceptors (Lipinski definition) is 5. The molecule has 0 spiro atoms. The Labute approximate surface area is 146 Å². The minimum atomic E-state index is -0.456. The molecule has 2 heterocycles. The third-order valence-electron chi connectivity index (χ3n) is 4.23. The molecule has 1 aromatic heterocycles. The van der Waals surface area contributed by atoms with Crippen molar-refractivity contribution in [1.29, 1.82) is 0 Å². The molecule has 134 valence electrons. The van der Waals surface area contributed by atoms with Crippen molar-refractivity contribution in [2.24, 2.45) is 0 Å². The monoisotopic (exact) mass is 345 g/mol. The van der Waals surface area contributed by atoms with Gasteiger partial charge in [-0.1, -0.05) is 12.1 Å². The zero-order chi connectivity index (χ0) is 18.0. The summed E-state index contributed by atoms with van der Waals surface area (Å²) < 4.78 is 12.6. The van der Waals surface area contributed by atoms with Gasteiger partial charge in [-0.05, 0) is 26.0 Å². The topological polar surface area (TPSA) is 73.7 Å². The number of fused-ring (bicyclic) bond motifs is 1. The average Bonchev–Trinajstić information content (AvgIpc) is 2.56. The fourth-order valence-corrected chi connectivity index (χ4v) is 3.27. The van der Waals surface area contributed by atoms with Crippen molar-refractivity contribution in [3.05, 3.63) is 40.8 Å². The molecule has 25 heavy (non-hydrogen) atoms. The molecule has 1 fully saturated rings. The third-order valence-corrected chi connectivity index (χ3v) is 4.23. The Morgan fingerprint density at radius 3 is 2.92 bits per heavy atom. The molecule has 0 bridgehead atoms. The van der Waals surface area contributed by atoms with Crippen LogP contribution in [-0.4, -0.2) is 58.9 Å². The maximum absolute atomic E-state index is 12.9. The van der Waals surface area contributed by atoms with Crippen LogP contribution in [0.5, 0.6) is 0 Å². The number of hydrogen-bond donors (Lipinski definition) is 0. The summed E-state index contributed by atoms with van der Waals surface area (Å²) in [6.07, 6.45) is 1.08. The number of para-hydroxylation sites is 2. The molecule has 1 amide bonds. The summed E-state index contributed by atoms with van der Waals surface area (Å²) in [6, 6.07) is 7.30. The van der Waals surface area contributed by atoms with Gasteiger partial charge in [-0.25, -0.2) is 4.98 Å². The van der Waals surface area contributed by atoms with Crippen LogP contribution in [0.25, 0.3) is 11.0 Å². The van der Waals surface area contributed by atoms with Gasteiger partial charge in [0.25, 0.3) is 5.56 Å². The minimum Gasteiger partial charge on any atom is -0.382 e. The van der Waals surface area contributed by atoms with Crippen molar-refractivity contribution < 1.29 is 14.3 Å². The zero-order valence-corrected chi connectivity index (χ0v) is 14.8. The van der Waals surface area contributed by atoms with Gasteiger partial charge in [0.05, 0.1) is 35.5 Å². The lowest BCUT2D eigenvalue weighted by molar-refractivity contribution is -0.169. The fourth-order valence-electron chi connectivity index (χ4n) is 3.27. The van der Waals surface area contributed by atoms with Gasteiger partial charge in [-0.2, -0.15) is 0 Å². The van der Waals surface area contributed by atoms with E-state index in [2.05, 4.69) is 4.98 Å². The Hall–Kier alpha value is -2.25. The molecule has 0 saturated carbocycles. The number of benzene rings is 1. The summed E-state index contributed by atoms with van der Waals surface area (Å²) in [4.78, 5) is 31.0. The largest absolute Gasteiger partial charge is 0.382 e. The molecular formula is C18H23N3O4. The molecule has 2 aromatic rings. The van der Waals surface area contributed by atoms with Gasteiger partial charge in [0.2, 0.25) is 5.91 Å². The first-order valence-corrected chi connectivity index (χ1v) is 8.29. The molecule has 0 N–H and O–H groups in total. The first-order chi connectivity index (χ1) is 11.9. The zero-order valence-electron chi connectivity index (χ0n) is 14.8. The second-order valence-corrected chi connectivity index (χ2v) is 6.90. The lowest BCUT2D eigenvalue weighted by atomic mass is 10.1. The molecule has 1 aliphatic heterocycles. The highest BCUT2D eigenvalue weighted by Gasteiger charge is 2.35. The summed E-state index contributed by atoms with van der Waals surface area (Å²) in [5.41, 5.74) is 0.606. The number of carbonyl (C=O) groups excluding carboxylic acids is 1. The van der Waals surface area contributed by atoms with E-state index in [1.54, 1.807) is 18.1 Å². The number of carbonyl (C=O) groups is 1. The second kappa shape index (κ2) is 6.93. The maximum Gasteiger partial charge on any atom is 0.269 e. The van der Waals surface area contributed by atoms with Gasteiger partial charge >= 0.3 is 0 Å². The highest BCUT2D eigenvalue weighted by Crippen LogP contribution is 2.21. The molecule has 1 aromatic carbocycles. The van der Waals surface area contributed by atoms with Crippen LogP contribution in [0.2, 0.25) is 0 Å². The van der Waals surface area contributed by atoms with E-state index in [4.69, 9.17) is 9.47 Å². The average molecular weight is 345 g/mol. The van der Waals surface area contributed by atoms with Crippen LogP contribution in [0.4, 0.5) is 0 Å². The van der Waals surface area contributed by atoms with Crippen molar-refractivity contribution in [2.45, 2.75) is 32.1 Å². The molecule has 0 aliphatic carbocycles. The number of amides is 1. The van der Waals surface area contributed by atoms with Crippen LogP contribution >= 0.6 is 0 Å². The summed E-state index contributed by atoms with van der Waals surface area (Å²) in [5, 5.41) is 0. The van der Waals surface area contributed by atoms with Gasteiger partial charge in [-0.15, -0.1) is 0 Å². The van der Waals surface area contributed by atoms with Gasteiger partial charge < -0.3 is 14.4 Å². The molecule has 7 nitrogen and oxygen atoms in total. The first kappa shape index (κ1) is 17.6. The Kier molecular flexibility index (Phi) is 4.87. The van der Waals surface area contributed by atoms with Gasteiger partial charge in [0.15, 0.2) is 0 Å². The number of nitrogens with zero attached hydrogens (tertiary/aromatic N) is 3. The SMILES string of the molecule is COC[C@H]1CN(C(=O)Cn2c(=O)cnc3ccccc32)CC(C)(C)O1. The quantitative estimate of drug-likeness (QED) is 0.828. The number of rotatable bonds is 4. The molecule has 1 atom stereocenters. The molecule has 0 unspecified atom stereocenters. The predicted molar refractivity (Wildman–Crippen MR) is 93.4 cm³/mol. The Bertz CT molecular complexity index is 830. The van der Waals surface area contributed by atoms with Crippen molar-refractivity contribution in [2.75, 3.05) is 26.8 Å². The maximum atomic E-state index is 12.9. The summed E-state index contributed by atoms with van der Waals surface area (Å²) in [5.74, 6) is -0.115. The van der Waals surface area contributed by atoms with Crippen LogP contribution < -0.4 is 5.56 Å². The van der Waals surface area contributed by atoms with Crippen molar-refractivity contribution in [1.82, 2.24) is 14.5 Å². The van der Waals surface area contributed by atoms with Gasteiger partial charge in [0, 0.05) is 20.2 Å². The normalized spacial score (nSPS) is 20.0. The van der Waals surface area contributed by atoms with E-state index in [0.29, 0.717) is 30.7 Å². The molecule has 3 rings (SSSR count). The third kappa shape index (κ3) is 3.88. The van der Waals surface area contributed by atoms with E-state index < -0.39 is 5.60 Å². The molecular weight excluding hydrogens is 322 g/mol. The van der Waals surface area contributed by atoms with Crippen LogP contribution in [0, 0.1) is 0 Å². The molecule has 1 aliphatic rings. The van der Waals surface area contributed by atoms with E-state index in [1.807, 2.05) is 32.0 Å². The van der Waals surface area contributed by atoms with Gasteiger partial charge in [-0.3, -0.25) is 14.2 Å². The lowest BCUT2D eigenvalue weighted by Gasteiger charge is -2.42. The van der Waals surface area contributed by atoms with Crippen molar-refractivity contribution in [3.63, 3.8) is 0 Å². The van der Waals surface area contributed by atoms with E-state index in [9.17, 15) is 9.59 Å².